The van der Waals surface area contributed by atoms with Crippen LogP contribution in [0.15, 0.2) is 30.0 Å². The minimum Gasteiger partial charge on any atom is -0.505 e. The number of amides is 2. The minimum atomic E-state index is -0.838. The van der Waals surface area contributed by atoms with Gasteiger partial charge in [0.2, 0.25) is 0 Å². The number of aliphatic hydroxyl groups excluding tert-OH is 1. The first-order valence-corrected chi connectivity index (χ1v) is 5.47. The topological polar surface area (TPSA) is 89.9 Å². The number of imide groups is 1. The Labute approximate surface area is 107 Å². The van der Waals surface area contributed by atoms with Crippen LogP contribution in [-0.4, -0.2) is 40.1 Å². The fourth-order valence-electron chi connectivity index (χ4n) is 1.65. The summed E-state index contributed by atoms with van der Waals surface area (Å²) in [5, 5.41) is 20.4. The Morgan fingerprint density at radius 1 is 1.32 bits per heavy atom. The van der Waals surface area contributed by atoms with Gasteiger partial charge in [0, 0.05) is 17.8 Å². The van der Waals surface area contributed by atoms with E-state index in [9.17, 15) is 14.0 Å². The van der Waals surface area contributed by atoms with Gasteiger partial charge in [-0.1, -0.05) is 0 Å². The van der Waals surface area contributed by atoms with E-state index in [1.54, 1.807) is 0 Å². The number of halogens is 1. The summed E-state index contributed by atoms with van der Waals surface area (Å²) >= 11 is 0. The van der Waals surface area contributed by atoms with E-state index in [1.807, 2.05) is 0 Å². The first-order valence-electron chi connectivity index (χ1n) is 5.47. The predicted molar refractivity (Wildman–Crippen MR) is 63.6 cm³/mol. The van der Waals surface area contributed by atoms with Gasteiger partial charge in [-0.15, -0.1) is 0 Å². The zero-order chi connectivity index (χ0) is 14.0. The third kappa shape index (κ3) is 2.55. The molecule has 1 heterocycles. The van der Waals surface area contributed by atoms with E-state index in [2.05, 4.69) is 5.32 Å². The lowest BCUT2D eigenvalue weighted by Crippen LogP contribution is -2.34. The van der Waals surface area contributed by atoms with E-state index >= 15 is 0 Å². The van der Waals surface area contributed by atoms with E-state index in [0.29, 0.717) is 0 Å². The van der Waals surface area contributed by atoms with E-state index in [-0.39, 0.29) is 24.5 Å². The summed E-state index contributed by atoms with van der Waals surface area (Å²) in [4.78, 5) is 24.1. The molecular formula is C12H11FN2O4. The van der Waals surface area contributed by atoms with Gasteiger partial charge in [0.05, 0.1) is 13.2 Å². The number of hydrogen-bond donors (Lipinski definition) is 3. The Kier molecular flexibility index (Phi) is 3.48. The van der Waals surface area contributed by atoms with Crippen LogP contribution in [-0.2, 0) is 9.59 Å². The number of β-amino-alcohol motifs (C(OH)–C–C–N with tert-alkyl or cyclic N) is 1. The third-order valence-electron chi connectivity index (χ3n) is 2.56. The summed E-state index contributed by atoms with van der Waals surface area (Å²) in [6, 6.07) is 3.50. The number of phenols is 1. The Balaban J connectivity index is 2.16. The molecular weight excluding hydrogens is 255 g/mol. The van der Waals surface area contributed by atoms with E-state index in [1.165, 1.54) is 6.07 Å². The molecule has 0 unspecified atom stereocenters. The van der Waals surface area contributed by atoms with Crippen LogP contribution in [0.3, 0.4) is 0 Å². The maximum Gasteiger partial charge on any atom is 0.277 e. The molecule has 100 valence electrons. The summed E-state index contributed by atoms with van der Waals surface area (Å²) in [6.07, 6.45) is 1.07. The van der Waals surface area contributed by atoms with Crippen molar-refractivity contribution in [1.29, 1.82) is 0 Å². The van der Waals surface area contributed by atoms with Gasteiger partial charge in [0.15, 0.2) is 11.6 Å². The summed E-state index contributed by atoms with van der Waals surface area (Å²) in [6.45, 7) is -0.421. The van der Waals surface area contributed by atoms with Crippen molar-refractivity contribution < 1.29 is 24.2 Å². The number of carbonyl (C=O) groups is 2. The van der Waals surface area contributed by atoms with Crippen molar-refractivity contribution in [3.05, 3.63) is 35.8 Å². The van der Waals surface area contributed by atoms with Gasteiger partial charge in [0.25, 0.3) is 11.8 Å². The molecule has 2 rings (SSSR count). The average Bonchev–Trinajstić information content (AvgIpc) is 2.62. The number of carbonyl (C=O) groups excluding carboxylic acids is 2. The standard InChI is InChI=1S/C12H11FN2O4/c13-8-5-7(1-2-10(8)17)14-9-6-11(18)15(3-4-16)12(9)19/h1-2,5-6,14,16-17H,3-4H2. The number of benzene rings is 1. The zero-order valence-corrected chi connectivity index (χ0v) is 9.76. The predicted octanol–water partition coefficient (Wildman–Crippen LogP) is 0.188. The summed E-state index contributed by atoms with van der Waals surface area (Å²) in [5.74, 6) is -2.47. The maximum absolute atomic E-state index is 13.1. The lowest BCUT2D eigenvalue weighted by Gasteiger charge is -2.13. The molecule has 0 radical (unpaired) electrons. The molecule has 3 N–H and O–H groups in total. The van der Waals surface area contributed by atoms with E-state index in [0.717, 1.165) is 23.1 Å². The van der Waals surface area contributed by atoms with Crippen LogP contribution in [0.4, 0.5) is 10.1 Å². The lowest BCUT2D eigenvalue weighted by atomic mass is 10.2. The molecule has 0 atom stereocenters. The van der Waals surface area contributed by atoms with Crippen molar-refractivity contribution in [2.75, 3.05) is 18.5 Å². The quantitative estimate of drug-likeness (QED) is 0.534. The number of aliphatic hydroxyl groups is 1. The molecule has 1 aromatic rings. The minimum absolute atomic E-state index is 0.0106. The largest absolute Gasteiger partial charge is 0.505 e. The van der Waals surface area contributed by atoms with Crippen LogP contribution in [0.25, 0.3) is 0 Å². The molecule has 6 nitrogen and oxygen atoms in total. The third-order valence-corrected chi connectivity index (χ3v) is 2.56. The SMILES string of the molecule is O=C1C=C(Nc2ccc(O)c(F)c2)C(=O)N1CCO. The monoisotopic (exact) mass is 266 g/mol. The highest BCUT2D eigenvalue weighted by Crippen LogP contribution is 2.22. The Morgan fingerprint density at radius 3 is 2.68 bits per heavy atom. The van der Waals surface area contributed by atoms with Gasteiger partial charge < -0.3 is 15.5 Å². The fourth-order valence-corrected chi connectivity index (χ4v) is 1.65. The second-order valence-corrected chi connectivity index (χ2v) is 3.87. The van der Waals surface area contributed by atoms with Crippen molar-refractivity contribution in [2.45, 2.75) is 0 Å². The average molecular weight is 266 g/mol. The van der Waals surface area contributed by atoms with Crippen LogP contribution < -0.4 is 5.32 Å². The van der Waals surface area contributed by atoms with Crippen molar-refractivity contribution in [2.24, 2.45) is 0 Å². The molecule has 0 aliphatic carbocycles. The number of anilines is 1. The molecule has 0 fully saturated rings. The highest BCUT2D eigenvalue weighted by molar-refractivity contribution is 6.17. The molecule has 0 bridgehead atoms. The number of nitrogens with zero attached hydrogens (tertiary/aromatic N) is 1. The molecule has 0 aromatic heterocycles. The molecule has 1 aliphatic heterocycles. The highest BCUT2D eigenvalue weighted by atomic mass is 19.1. The lowest BCUT2D eigenvalue weighted by molar-refractivity contribution is -0.137. The number of phenolic OH excluding ortho intramolecular Hbond substituents is 1. The van der Waals surface area contributed by atoms with Gasteiger partial charge in [-0.2, -0.15) is 0 Å². The van der Waals surface area contributed by atoms with Gasteiger partial charge in [-0.25, -0.2) is 4.39 Å². The van der Waals surface area contributed by atoms with Gasteiger partial charge in [-0.05, 0) is 12.1 Å². The number of aromatic hydroxyl groups is 1. The van der Waals surface area contributed by atoms with Crippen LogP contribution in [0.1, 0.15) is 0 Å². The van der Waals surface area contributed by atoms with E-state index in [4.69, 9.17) is 10.2 Å². The first-order chi connectivity index (χ1) is 9.02. The highest BCUT2D eigenvalue weighted by Gasteiger charge is 2.30. The molecule has 19 heavy (non-hydrogen) atoms. The molecule has 0 saturated carbocycles. The van der Waals surface area contributed by atoms with Crippen LogP contribution >= 0.6 is 0 Å². The zero-order valence-electron chi connectivity index (χ0n) is 9.76. The van der Waals surface area contributed by atoms with Crippen LogP contribution in [0.2, 0.25) is 0 Å². The van der Waals surface area contributed by atoms with Crippen LogP contribution in [0.5, 0.6) is 5.75 Å². The van der Waals surface area contributed by atoms with Gasteiger partial charge >= 0.3 is 0 Å². The molecule has 7 heteroatoms. The normalized spacial score (nSPS) is 14.8. The van der Waals surface area contributed by atoms with Crippen LogP contribution in [0, 0.1) is 5.82 Å². The van der Waals surface area contributed by atoms with Crippen molar-refractivity contribution in [3.8, 4) is 5.75 Å². The van der Waals surface area contributed by atoms with Gasteiger partial charge in [-0.3, -0.25) is 14.5 Å². The van der Waals surface area contributed by atoms with Crippen molar-refractivity contribution in [1.82, 2.24) is 4.90 Å². The molecule has 1 aliphatic rings. The molecule has 2 amide bonds. The Bertz CT molecular complexity index is 571. The molecule has 0 spiro atoms. The van der Waals surface area contributed by atoms with Crippen molar-refractivity contribution >= 4 is 17.5 Å². The Morgan fingerprint density at radius 2 is 2.05 bits per heavy atom. The first kappa shape index (κ1) is 13.0. The smallest absolute Gasteiger partial charge is 0.277 e. The van der Waals surface area contributed by atoms with Crippen molar-refractivity contribution in [3.63, 3.8) is 0 Å². The fraction of sp³-hybridized carbons (Fsp3) is 0.167. The summed E-state index contributed by atoms with van der Waals surface area (Å²) in [5.41, 5.74) is 0.220. The molecule has 1 aromatic carbocycles. The summed E-state index contributed by atoms with van der Waals surface area (Å²) < 4.78 is 13.1. The second-order valence-electron chi connectivity index (χ2n) is 3.87. The summed E-state index contributed by atoms with van der Waals surface area (Å²) in [7, 11) is 0. The molecule has 0 saturated heterocycles. The maximum atomic E-state index is 13.1. The number of hydrogen-bond acceptors (Lipinski definition) is 5. The van der Waals surface area contributed by atoms with E-state index < -0.39 is 23.4 Å². The second kappa shape index (κ2) is 5.07. The van der Waals surface area contributed by atoms with Gasteiger partial charge in [0.1, 0.15) is 5.70 Å². The number of nitrogens with one attached hydrogen (secondary N) is 1. The Hall–Kier alpha value is -2.41. The number of rotatable bonds is 4.